The number of aromatic hydroxyl groups is 1. The number of hydrogen-bond acceptors (Lipinski definition) is 7. The summed E-state index contributed by atoms with van der Waals surface area (Å²) in [5.74, 6) is -0.840. The smallest absolute Gasteiger partial charge is 0.201 e. The predicted octanol–water partition coefficient (Wildman–Crippen LogP) is 4.45. The van der Waals surface area contributed by atoms with Gasteiger partial charge in [0.2, 0.25) is 5.65 Å². The maximum absolute atomic E-state index is 14.9. The molecule has 1 saturated heterocycles. The van der Waals surface area contributed by atoms with Gasteiger partial charge in [-0.25, -0.2) is 9.07 Å². The second-order valence-electron chi connectivity index (χ2n) is 9.77. The van der Waals surface area contributed by atoms with Crippen LogP contribution in [-0.2, 0) is 0 Å². The van der Waals surface area contributed by atoms with Crippen molar-refractivity contribution in [3.63, 3.8) is 0 Å². The zero-order chi connectivity index (χ0) is 22.7. The number of phenolic OH excluding ortho intramolecular Hbond substituents is 1. The van der Waals surface area contributed by atoms with Crippen molar-refractivity contribution >= 4 is 36.0 Å². The number of H-pyrrole nitrogens is 1. The molecule has 0 atom stereocenters. The zero-order valence-corrected chi connectivity index (χ0v) is 20.8. The Hall–Kier alpha value is -2.82. The van der Waals surface area contributed by atoms with Crippen molar-refractivity contribution in [1.29, 1.82) is 0 Å². The van der Waals surface area contributed by atoms with E-state index in [0.29, 0.717) is 22.3 Å². The van der Waals surface area contributed by atoms with E-state index in [0.717, 1.165) is 12.8 Å². The van der Waals surface area contributed by atoms with E-state index in [9.17, 15) is 9.50 Å². The summed E-state index contributed by atoms with van der Waals surface area (Å²) in [5, 5.41) is 37.9. The van der Waals surface area contributed by atoms with E-state index in [4.69, 9.17) is 0 Å². The van der Waals surface area contributed by atoms with Gasteiger partial charge in [-0.1, -0.05) is 5.21 Å². The van der Waals surface area contributed by atoms with Crippen molar-refractivity contribution < 1.29 is 9.50 Å². The highest BCUT2D eigenvalue weighted by molar-refractivity contribution is 5.85. The van der Waals surface area contributed by atoms with Crippen LogP contribution in [0.25, 0.3) is 33.5 Å². The highest BCUT2D eigenvalue weighted by Crippen LogP contribution is 2.38. The van der Waals surface area contributed by atoms with Crippen LogP contribution < -0.4 is 5.32 Å². The van der Waals surface area contributed by atoms with E-state index < -0.39 is 5.82 Å². The lowest BCUT2D eigenvalue weighted by atomic mass is 9.80. The molecule has 34 heavy (non-hydrogen) atoms. The predicted molar refractivity (Wildman–Crippen MR) is 132 cm³/mol. The summed E-state index contributed by atoms with van der Waals surface area (Å²) in [4.78, 5) is 0. The minimum absolute atomic E-state index is 0. The van der Waals surface area contributed by atoms with Crippen LogP contribution in [0.1, 0.15) is 46.6 Å². The summed E-state index contributed by atoms with van der Waals surface area (Å²) in [6, 6.07) is 4.53. The molecule has 1 aliphatic heterocycles. The van der Waals surface area contributed by atoms with Crippen LogP contribution in [0.5, 0.6) is 5.75 Å². The maximum atomic E-state index is 14.9. The molecule has 0 unspecified atom stereocenters. The molecule has 4 aromatic rings. The fourth-order valence-corrected chi connectivity index (χ4v) is 4.98. The summed E-state index contributed by atoms with van der Waals surface area (Å²) in [6.45, 7) is 8.68. The number of rotatable bonds is 3. The van der Waals surface area contributed by atoms with Crippen LogP contribution >= 0.6 is 24.8 Å². The van der Waals surface area contributed by atoms with Crippen molar-refractivity contribution in [3.8, 4) is 28.1 Å². The number of piperidine rings is 1. The fourth-order valence-electron chi connectivity index (χ4n) is 4.98. The molecule has 0 saturated carbocycles. The number of benzene rings is 1. The fraction of sp³-hybridized carbons (Fsp3) is 0.409. The molecule has 4 heterocycles. The van der Waals surface area contributed by atoms with Gasteiger partial charge in [-0.15, -0.1) is 40.1 Å². The van der Waals surface area contributed by atoms with Crippen LogP contribution in [-0.4, -0.2) is 51.6 Å². The summed E-state index contributed by atoms with van der Waals surface area (Å²) < 4.78 is 16.8. The number of aromatic amines is 1. The SMILES string of the molecule is CC1(C)CC(n2nnc3cc(-c4c(O)cc(-c5cn[nH]c5)cc4F)nnc32)CC(C)(C)N1.Cl.Cl. The normalized spacial score (nSPS) is 17.2. The minimum atomic E-state index is -0.607. The van der Waals surface area contributed by atoms with Gasteiger partial charge in [0.15, 0.2) is 0 Å². The van der Waals surface area contributed by atoms with E-state index in [-0.39, 0.29) is 58.9 Å². The molecule has 0 aliphatic carbocycles. The summed E-state index contributed by atoms with van der Waals surface area (Å²) >= 11 is 0. The van der Waals surface area contributed by atoms with Crippen molar-refractivity contribution in [2.75, 3.05) is 0 Å². The van der Waals surface area contributed by atoms with Gasteiger partial charge < -0.3 is 10.4 Å². The van der Waals surface area contributed by atoms with Gasteiger partial charge in [0, 0.05) is 22.8 Å². The molecule has 3 aromatic heterocycles. The van der Waals surface area contributed by atoms with Gasteiger partial charge in [0.25, 0.3) is 0 Å². The Morgan fingerprint density at radius 3 is 2.32 bits per heavy atom. The van der Waals surface area contributed by atoms with E-state index in [1.807, 2.05) is 4.68 Å². The van der Waals surface area contributed by atoms with Crippen LogP contribution in [0, 0.1) is 5.82 Å². The van der Waals surface area contributed by atoms with Crippen LogP contribution in [0.2, 0.25) is 0 Å². The Balaban J connectivity index is 0.00000162. The van der Waals surface area contributed by atoms with Crippen molar-refractivity contribution in [3.05, 3.63) is 36.4 Å². The molecule has 1 aliphatic rings. The second-order valence-corrected chi connectivity index (χ2v) is 9.77. The van der Waals surface area contributed by atoms with Crippen molar-refractivity contribution in [2.45, 2.75) is 57.7 Å². The molecule has 0 radical (unpaired) electrons. The van der Waals surface area contributed by atoms with Gasteiger partial charge >= 0.3 is 0 Å². The Morgan fingerprint density at radius 1 is 1.00 bits per heavy atom. The number of phenols is 1. The average Bonchev–Trinajstić information content (AvgIpc) is 3.35. The number of fused-ring (bicyclic) bond motifs is 1. The average molecular weight is 509 g/mol. The molecule has 3 N–H and O–H groups in total. The first-order valence-electron chi connectivity index (χ1n) is 10.5. The third-order valence-corrected chi connectivity index (χ3v) is 5.89. The van der Waals surface area contributed by atoms with E-state index in [1.54, 1.807) is 18.5 Å². The first-order valence-corrected chi connectivity index (χ1v) is 10.5. The molecule has 1 fully saturated rings. The highest BCUT2D eigenvalue weighted by Gasteiger charge is 2.39. The Labute approximate surface area is 208 Å². The maximum Gasteiger partial charge on any atom is 0.201 e. The Bertz CT molecular complexity index is 1270. The first kappa shape index (κ1) is 25.8. The van der Waals surface area contributed by atoms with E-state index >= 15 is 0 Å². The number of halogens is 3. The lowest BCUT2D eigenvalue weighted by Gasteiger charge is -2.46. The summed E-state index contributed by atoms with van der Waals surface area (Å²) in [7, 11) is 0. The first-order chi connectivity index (χ1) is 15.1. The minimum Gasteiger partial charge on any atom is -0.507 e. The third-order valence-electron chi connectivity index (χ3n) is 5.89. The van der Waals surface area contributed by atoms with Crippen LogP contribution in [0.4, 0.5) is 4.39 Å². The van der Waals surface area contributed by atoms with Crippen molar-refractivity contribution in [1.82, 2.24) is 40.7 Å². The monoisotopic (exact) mass is 508 g/mol. The van der Waals surface area contributed by atoms with Gasteiger partial charge in [0.05, 0.1) is 17.8 Å². The van der Waals surface area contributed by atoms with Gasteiger partial charge in [-0.2, -0.15) is 5.10 Å². The number of hydrogen-bond donors (Lipinski definition) is 3. The molecular formula is C22H27Cl2FN8O. The molecule has 1 aromatic carbocycles. The number of aromatic nitrogens is 7. The molecule has 0 amide bonds. The number of nitrogens with zero attached hydrogens (tertiary/aromatic N) is 6. The Kier molecular flexibility index (Phi) is 6.89. The quantitative estimate of drug-likeness (QED) is 0.374. The molecule has 0 bridgehead atoms. The lowest BCUT2D eigenvalue weighted by Crippen LogP contribution is -2.58. The molecular weight excluding hydrogens is 482 g/mol. The molecule has 0 spiro atoms. The van der Waals surface area contributed by atoms with Gasteiger partial charge in [-0.05, 0) is 64.3 Å². The van der Waals surface area contributed by atoms with E-state index in [1.165, 1.54) is 12.1 Å². The standard InChI is InChI=1S/C22H25FN8O.2ClH/c1-21(2)8-14(9-22(3,4)29-21)31-20-17(27-30-31)7-16(26-28-20)19-15(23)5-12(6-18(19)32)13-10-24-25-11-13;;/h5-7,10-11,14,29,32H,8-9H2,1-4H3,(H,24,25);2*1H. The second kappa shape index (κ2) is 9.09. The largest absolute Gasteiger partial charge is 0.507 e. The number of nitrogens with one attached hydrogen (secondary N) is 2. The third kappa shape index (κ3) is 4.70. The summed E-state index contributed by atoms with van der Waals surface area (Å²) in [6.07, 6.45) is 4.91. The van der Waals surface area contributed by atoms with Gasteiger partial charge in [0.1, 0.15) is 22.8 Å². The topological polar surface area (TPSA) is 117 Å². The molecule has 5 rings (SSSR count). The van der Waals surface area contributed by atoms with Crippen molar-refractivity contribution in [2.24, 2.45) is 0 Å². The van der Waals surface area contributed by atoms with Gasteiger partial charge in [-0.3, -0.25) is 5.10 Å². The van der Waals surface area contributed by atoms with Crippen LogP contribution in [0.15, 0.2) is 30.6 Å². The lowest BCUT2D eigenvalue weighted by molar-refractivity contribution is 0.127. The zero-order valence-electron chi connectivity index (χ0n) is 19.2. The highest BCUT2D eigenvalue weighted by atomic mass is 35.5. The Morgan fingerprint density at radius 2 is 1.71 bits per heavy atom. The van der Waals surface area contributed by atoms with Crippen LogP contribution in [0.3, 0.4) is 0 Å². The molecule has 12 heteroatoms. The van der Waals surface area contributed by atoms with E-state index in [2.05, 4.69) is 63.7 Å². The summed E-state index contributed by atoms with van der Waals surface area (Å²) in [5.41, 5.74) is 2.27. The molecule has 182 valence electrons. The molecule has 9 nitrogen and oxygen atoms in total.